The minimum atomic E-state index is -4.00. The number of hydrogen-bond acceptors (Lipinski definition) is 5. The molecule has 2 aromatic carbocycles. The zero-order chi connectivity index (χ0) is 23.3. The fraction of sp³-hybridized carbons (Fsp3) is 0.261. The minimum Gasteiger partial charge on any atom is -0.495 e. The summed E-state index contributed by atoms with van der Waals surface area (Å²) in [5, 5.41) is 4.57. The van der Waals surface area contributed by atoms with Crippen molar-refractivity contribution in [3.05, 3.63) is 77.4 Å². The highest BCUT2D eigenvalue weighted by Crippen LogP contribution is 2.33. The van der Waals surface area contributed by atoms with Gasteiger partial charge in [-0.25, -0.2) is 12.8 Å². The summed E-state index contributed by atoms with van der Waals surface area (Å²) in [6.45, 7) is 3.41. The maximum atomic E-state index is 13.4. The van der Waals surface area contributed by atoms with Crippen molar-refractivity contribution in [2.24, 2.45) is 5.92 Å². The number of thiophene rings is 1. The zero-order valence-corrected chi connectivity index (χ0v) is 19.6. The number of nitrogens with zero attached hydrogens (tertiary/aromatic N) is 1. The fourth-order valence-electron chi connectivity index (χ4n) is 3.31. The lowest BCUT2D eigenvalue weighted by Gasteiger charge is -2.27. The monoisotopic (exact) mass is 476 g/mol. The smallest absolute Gasteiger partial charge is 0.274 e. The average molecular weight is 477 g/mol. The molecular formula is C23H25FN2O4S2. The van der Waals surface area contributed by atoms with E-state index in [2.05, 4.69) is 5.32 Å². The maximum absolute atomic E-state index is 13.4. The fourth-order valence-corrected chi connectivity index (χ4v) is 5.84. The Morgan fingerprint density at radius 3 is 2.38 bits per heavy atom. The Hall–Kier alpha value is -2.91. The summed E-state index contributed by atoms with van der Waals surface area (Å²) >= 11 is 1.07. The molecule has 0 aliphatic rings. The number of ether oxygens (including phenoxy) is 1. The van der Waals surface area contributed by atoms with Crippen LogP contribution in [0.3, 0.4) is 0 Å². The van der Waals surface area contributed by atoms with Gasteiger partial charge in [-0.2, -0.15) is 0 Å². The highest BCUT2D eigenvalue weighted by Gasteiger charge is 2.31. The highest BCUT2D eigenvalue weighted by molar-refractivity contribution is 7.94. The number of carbonyl (C=O) groups excluding carboxylic acids is 1. The molecule has 0 bridgehead atoms. The van der Waals surface area contributed by atoms with Crippen LogP contribution in [0.25, 0.3) is 0 Å². The second-order valence-corrected chi connectivity index (χ2v) is 10.5. The van der Waals surface area contributed by atoms with Gasteiger partial charge in [0.25, 0.3) is 10.0 Å². The van der Waals surface area contributed by atoms with Gasteiger partial charge in [-0.1, -0.05) is 44.2 Å². The molecule has 1 heterocycles. The number of hydrogen-bond donors (Lipinski definition) is 1. The van der Waals surface area contributed by atoms with Crippen molar-refractivity contribution >= 4 is 33.0 Å². The Morgan fingerprint density at radius 2 is 1.78 bits per heavy atom. The molecule has 32 heavy (non-hydrogen) atoms. The molecule has 0 aliphatic heterocycles. The van der Waals surface area contributed by atoms with Gasteiger partial charge < -0.3 is 10.1 Å². The second-order valence-electron chi connectivity index (χ2n) is 7.46. The zero-order valence-electron chi connectivity index (χ0n) is 18.0. The summed E-state index contributed by atoms with van der Waals surface area (Å²) in [6.07, 6.45) is 0. The average Bonchev–Trinajstić information content (AvgIpc) is 3.32. The van der Waals surface area contributed by atoms with E-state index in [1.165, 1.54) is 25.3 Å². The molecule has 6 nitrogen and oxygen atoms in total. The first-order chi connectivity index (χ1) is 15.2. The first-order valence-electron chi connectivity index (χ1n) is 9.98. The molecule has 3 aromatic rings. The van der Waals surface area contributed by atoms with Crippen LogP contribution >= 0.6 is 11.3 Å². The third kappa shape index (κ3) is 5.28. The Balaban J connectivity index is 1.94. The van der Waals surface area contributed by atoms with E-state index >= 15 is 0 Å². The van der Waals surface area contributed by atoms with Gasteiger partial charge in [0.15, 0.2) is 0 Å². The van der Waals surface area contributed by atoms with Gasteiger partial charge in [0.05, 0.1) is 18.8 Å². The molecule has 0 aliphatic carbocycles. The van der Waals surface area contributed by atoms with Crippen LogP contribution in [0.5, 0.6) is 5.75 Å². The molecule has 0 saturated carbocycles. The quantitative estimate of drug-likeness (QED) is 0.490. The summed E-state index contributed by atoms with van der Waals surface area (Å²) in [5.74, 6) is -0.525. The Morgan fingerprint density at radius 1 is 1.09 bits per heavy atom. The lowest BCUT2D eigenvalue weighted by atomic mass is 9.96. The first kappa shape index (κ1) is 23.7. The molecule has 0 radical (unpaired) electrons. The maximum Gasteiger partial charge on any atom is 0.274 e. The number of methoxy groups -OCH3 is 1. The molecule has 0 spiro atoms. The van der Waals surface area contributed by atoms with Crippen molar-refractivity contribution in [3.8, 4) is 5.75 Å². The van der Waals surface area contributed by atoms with E-state index in [0.29, 0.717) is 5.75 Å². The van der Waals surface area contributed by atoms with Crippen LogP contribution in [0.15, 0.2) is 70.3 Å². The van der Waals surface area contributed by atoms with Crippen LogP contribution in [0.4, 0.5) is 10.1 Å². The second kappa shape index (κ2) is 10.1. The summed E-state index contributed by atoms with van der Waals surface area (Å²) in [6, 6.07) is 15.3. The van der Waals surface area contributed by atoms with E-state index in [1.807, 2.05) is 13.8 Å². The number of benzene rings is 2. The molecule has 170 valence electrons. The number of nitrogens with one attached hydrogen (secondary N) is 1. The van der Waals surface area contributed by atoms with Crippen LogP contribution in [0, 0.1) is 11.7 Å². The van der Waals surface area contributed by atoms with Crippen molar-refractivity contribution in [3.63, 3.8) is 0 Å². The highest BCUT2D eigenvalue weighted by atomic mass is 32.2. The van der Waals surface area contributed by atoms with E-state index in [-0.39, 0.29) is 21.6 Å². The molecule has 1 unspecified atom stereocenters. The lowest BCUT2D eigenvalue weighted by Crippen LogP contribution is -2.43. The van der Waals surface area contributed by atoms with Crippen LogP contribution in [-0.2, 0) is 14.8 Å². The van der Waals surface area contributed by atoms with Crippen LogP contribution < -0.4 is 14.4 Å². The minimum absolute atomic E-state index is 0.00183. The predicted molar refractivity (Wildman–Crippen MR) is 124 cm³/mol. The number of rotatable bonds is 9. The van der Waals surface area contributed by atoms with E-state index in [0.717, 1.165) is 21.2 Å². The Bertz CT molecular complexity index is 1150. The largest absolute Gasteiger partial charge is 0.495 e. The van der Waals surface area contributed by atoms with Crippen molar-refractivity contribution in [1.82, 2.24) is 5.32 Å². The van der Waals surface area contributed by atoms with E-state index in [9.17, 15) is 17.6 Å². The normalized spacial score (nSPS) is 12.4. The van der Waals surface area contributed by atoms with Gasteiger partial charge in [-0.3, -0.25) is 9.10 Å². The number of sulfonamides is 1. The Labute approximate surface area is 191 Å². The van der Waals surface area contributed by atoms with Crippen molar-refractivity contribution < 1.29 is 22.3 Å². The number of amides is 1. The number of anilines is 1. The molecule has 3 rings (SSSR count). The van der Waals surface area contributed by atoms with Gasteiger partial charge in [-0.15, -0.1) is 11.3 Å². The van der Waals surface area contributed by atoms with Crippen molar-refractivity contribution in [2.45, 2.75) is 24.1 Å². The Kier molecular flexibility index (Phi) is 7.52. The molecule has 1 amide bonds. The first-order valence-corrected chi connectivity index (χ1v) is 12.3. The predicted octanol–water partition coefficient (Wildman–Crippen LogP) is 4.60. The van der Waals surface area contributed by atoms with Crippen molar-refractivity contribution in [1.29, 1.82) is 0 Å². The van der Waals surface area contributed by atoms with Gasteiger partial charge in [0.1, 0.15) is 22.3 Å². The molecule has 9 heteroatoms. The third-order valence-electron chi connectivity index (χ3n) is 4.89. The van der Waals surface area contributed by atoms with Gasteiger partial charge >= 0.3 is 0 Å². The summed E-state index contributed by atoms with van der Waals surface area (Å²) in [4.78, 5) is 13.1. The summed E-state index contributed by atoms with van der Waals surface area (Å²) in [7, 11) is -2.56. The van der Waals surface area contributed by atoms with Crippen LogP contribution in [-0.4, -0.2) is 28.0 Å². The van der Waals surface area contributed by atoms with Crippen molar-refractivity contribution in [2.75, 3.05) is 18.0 Å². The van der Waals surface area contributed by atoms with Crippen LogP contribution in [0.2, 0.25) is 0 Å². The molecule has 0 saturated heterocycles. The topological polar surface area (TPSA) is 75.7 Å². The SMILES string of the molecule is COc1ccccc1N(CC(=O)NC(c1ccc(F)cc1)C(C)C)S(=O)(=O)c1cccs1. The molecule has 1 aromatic heterocycles. The van der Waals surface area contributed by atoms with Crippen LogP contribution in [0.1, 0.15) is 25.5 Å². The van der Waals surface area contributed by atoms with Gasteiger partial charge in [0.2, 0.25) is 5.91 Å². The van der Waals surface area contributed by atoms with Gasteiger partial charge in [-0.05, 0) is 47.2 Å². The number of halogens is 1. The molecule has 1 atom stereocenters. The summed E-state index contributed by atoms with van der Waals surface area (Å²) < 4.78 is 46.6. The lowest BCUT2D eigenvalue weighted by molar-refractivity contribution is -0.120. The van der Waals surface area contributed by atoms with E-state index in [1.54, 1.807) is 47.8 Å². The van der Waals surface area contributed by atoms with E-state index < -0.39 is 28.5 Å². The molecule has 0 fully saturated rings. The molecular weight excluding hydrogens is 451 g/mol. The van der Waals surface area contributed by atoms with E-state index in [4.69, 9.17) is 4.74 Å². The standard InChI is InChI=1S/C23H25FN2O4S2/c1-16(2)23(17-10-12-18(24)13-11-17)25-21(27)15-26(19-7-4-5-8-20(19)30-3)32(28,29)22-9-6-14-31-22/h4-14,16,23H,15H2,1-3H3,(H,25,27). The third-order valence-corrected chi connectivity index (χ3v) is 8.03. The number of para-hydroxylation sites is 2. The number of carbonyl (C=O) groups is 1. The summed E-state index contributed by atoms with van der Waals surface area (Å²) in [5.41, 5.74) is 1.00. The molecule has 1 N–H and O–H groups in total. The van der Waals surface area contributed by atoms with Gasteiger partial charge in [0, 0.05) is 0 Å².